The molecule has 1 rings (SSSR count). The van der Waals surface area contributed by atoms with Crippen molar-refractivity contribution in [3.05, 3.63) is 0 Å². The second-order valence-corrected chi connectivity index (χ2v) is 1.93. The molecule has 0 aliphatic carbocycles. The van der Waals surface area contributed by atoms with Crippen LogP contribution in [0.1, 0.15) is 13.3 Å². The Morgan fingerprint density at radius 1 is 1.86 bits per heavy atom. The third-order valence-electron chi connectivity index (χ3n) is 1.45. The number of nitriles is 1. The Bertz CT molecular complexity index is 103. The van der Waals surface area contributed by atoms with Crippen molar-refractivity contribution in [2.45, 2.75) is 19.4 Å². The van der Waals surface area contributed by atoms with Crippen LogP contribution in [0.4, 0.5) is 0 Å². The molecule has 0 amide bonds. The molecule has 0 bridgehead atoms. The predicted molar refractivity (Wildman–Crippen MR) is 26.4 cm³/mol. The van der Waals surface area contributed by atoms with Gasteiger partial charge in [-0.05, 0) is 13.3 Å². The van der Waals surface area contributed by atoms with Crippen molar-refractivity contribution >= 4 is 0 Å². The van der Waals surface area contributed by atoms with Gasteiger partial charge in [0.15, 0.2) is 6.19 Å². The van der Waals surface area contributed by atoms with Crippen molar-refractivity contribution in [1.82, 2.24) is 4.90 Å². The highest BCUT2D eigenvalue weighted by Crippen LogP contribution is 2.13. The highest BCUT2D eigenvalue weighted by atomic mass is 15.2. The first-order chi connectivity index (χ1) is 3.34. The van der Waals surface area contributed by atoms with Gasteiger partial charge in [-0.25, -0.2) is 0 Å². The van der Waals surface area contributed by atoms with E-state index in [1.807, 2.05) is 0 Å². The van der Waals surface area contributed by atoms with Crippen molar-refractivity contribution in [3.8, 4) is 6.19 Å². The van der Waals surface area contributed by atoms with Crippen LogP contribution in [-0.2, 0) is 0 Å². The van der Waals surface area contributed by atoms with Gasteiger partial charge >= 0.3 is 0 Å². The molecule has 1 aliphatic rings. The monoisotopic (exact) mass is 96.1 g/mol. The molecule has 7 heavy (non-hydrogen) atoms. The SMILES string of the molecule is CC1CCN1C#N. The summed E-state index contributed by atoms with van der Waals surface area (Å²) >= 11 is 0. The summed E-state index contributed by atoms with van der Waals surface area (Å²) in [6.07, 6.45) is 3.27. The quantitative estimate of drug-likeness (QED) is 0.412. The number of rotatable bonds is 0. The number of hydrogen-bond acceptors (Lipinski definition) is 2. The first kappa shape index (κ1) is 4.45. The zero-order valence-corrected chi connectivity index (χ0v) is 4.39. The van der Waals surface area contributed by atoms with Crippen LogP contribution in [0, 0.1) is 11.5 Å². The van der Waals surface area contributed by atoms with Crippen LogP contribution < -0.4 is 0 Å². The standard InChI is InChI=1S/C5H8N2/c1-5-2-3-7(5)4-6/h5H,2-3H2,1H3. The van der Waals surface area contributed by atoms with Gasteiger partial charge in [-0.2, -0.15) is 5.26 Å². The lowest BCUT2D eigenvalue weighted by atomic mass is 10.1. The van der Waals surface area contributed by atoms with E-state index in [9.17, 15) is 0 Å². The summed E-state index contributed by atoms with van der Waals surface area (Å²) in [6, 6.07) is 0.519. The summed E-state index contributed by atoms with van der Waals surface area (Å²) < 4.78 is 0. The Morgan fingerprint density at radius 3 is 2.57 bits per heavy atom. The fourth-order valence-electron chi connectivity index (χ4n) is 0.665. The summed E-state index contributed by atoms with van der Waals surface area (Å²) in [7, 11) is 0. The van der Waals surface area contributed by atoms with Crippen molar-refractivity contribution in [3.63, 3.8) is 0 Å². The second kappa shape index (κ2) is 1.42. The maximum Gasteiger partial charge on any atom is 0.179 e. The van der Waals surface area contributed by atoms with Crippen LogP contribution in [0.5, 0.6) is 0 Å². The van der Waals surface area contributed by atoms with Gasteiger partial charge in [-0.3, -0.25) is 0 Å². The minimum absolute atomic E-state index is 0.519. The molecule has 0 saturated carbocycles. The Kier molecular flexibility index (Phi) is 0.900. The summed E-state index contributed by atoms with van der Waals surface area (Å²) in [5.74, 6) is 0. The normalized spacial score (nSPS) is 28.6. The van der Waals surface area contributed by atoms with Gasteiger partial charge in [0.1, 0.15) is 0 Å². The molecule has 38 valence electrons. The molecule has 0 N–H and O–H groups in total. The lowest BCUT2D eigenvalue weighted by Crippen LogP contribution is -2.41. The largest absolute Gasteiger partial charge is 0.308 e. The fraction of sp³-hybridized carbons (Fsp3) is 0.800. The van der Waals surface area contributed by atoms with Gasteiger partial charge in [0.05, 0.1) is 0 Å². The minimum Gasteiger partial charge on any atom is -0.308 e. The summed E-state index contributed by atoms with van der Waals surface area (Å²) in [5, 5.41) is 8.23. The first-order valence-corrected chi connectivity index (χ1v) is 2.51. The molecule has 0 aromatic rings. The van der Waals surface area contributed by atoms with E-state index in [2.05, 4.69) is 13.1 Å². The zero-order valence-electron chi connectivity index (χ0n) is 4.39. The van der Waals surface area contributed by atoms with E-state index in [1.165, 1.54) is 6.42 Å². The molecule has 0 aromatic heterocycles. The van der Waals surface area contributed by atoms with Gasteiger partial charge < -0.3 is 4.90 Å². The highest BCUT2D eigenvalue weighted by Gasteiger charge is 2.20. The van der Waals surface area contributed by atoms with Gasteiger partial charge in [-0.15, -0.1) is 0 Å². The van der Waals surface area contributed by atoms with Crippen LogP contribution in [0.3, 0.4) is 0 Å². The summed E-state index contributed by atoms with van der Waals surface area (Å²) in [6.45, 7) is 3.03. The van der Waals surface area contributed by atoms with E-state index >= 15 is 0 Å². The van der Waals surface area contributed by atoms with E-state index in [-0.39, 0.29) is 0 Å². The molecule has 2 heteroatoms. The Hall–Kier alpha value is -0.710. The van der Waals surface area contributed by atoms with Gasteiger partial charge in [0, 0.05) is 12.6 Å². The van der Waals surface area contributed by atoms with Crippen LogP contribution in [0.25, 0.3) is 0 Å². The van der Waals surface area contributed by atoms with E-state index < -0.39 is 0 Å². The lowest BCUT2D eigenvalue weighted by molar-refractivity contribution is 0.184. The fourth-order valence-corrected chi connectivity index (χ4v) is 0.665. The van der Waals surface area contributed by atoms with E-state index in [0.29, 0.717) is 6.04 Å². The van der Waals surface area contributed by atoms with Gasteiger partial charge in [0.2, 0.25) is 0 Å². The smallest absolute Gasteiger partial charge is 0.179 e. The lowest BCUT2D eigenvalue weighted by Gasteiger charge is -2.33. The average Bonchev–Trinajstić information content (AvgIpc) is 1.65. The van der Waals surface area contributed by atoms with Crippen molar-refractivity contribution in [2.75, 3.05) is 6.54 Å². The topological polar surface area (TPSA) is 27.0 Å². The van der Waals surface area contributed by atoms with Crippen molar-refractivity contribution in [1.29, 1.82) is 5.26 Å². The van der Waals surface area contributed by atoms with Crippen molar-refractivity contribution in [2.24, 2.45) is 0 Å². The van der Waals surface area contributed by atoms with Crippen LogP contribution >= 0.6 is 0 Å². The van der Waals surface area contributed by atoms with E-state index in [0.717, 1.165) is 6.54 Å². The molecule has 1 saturated heterocycles. The molecule has 1 heterocycles. The Labute approximate surface area is 43.3 Å². The second-order valence-electron chi connectivity index (χ2n) is 1.93. The highest BCUT2D eigenvalue weighted by molar-refractivity contribution is 4.88. The third kappa shape index (κ3) is 0.541. The van der Waals surface area contributed by atoms with Crippen LogP contribution in [0.15, 0.2) is 0 Å². The molecule has 1 fully saturated rings. The van der Waals surface area contributed by atoms with Gasteiger partial charge in [-0.1, -0.05) is 0 Å². The summed E-state index contributed by atoms with van der Waals surface area (Å²) in [4.78, 5) is 1.78. The molecule has 2 nitrogen and oxygen atoms in total. The Morgan fingerprint density at radius 2 is 2.57 bits per heavy atom. The van der Waals surface area contributed by atoms with Gasteiger partial charge in [0.25, 0.3) is 0 Å². The molecule has 1 atom stereocenters. The average molecular weight is 96.1 g/mol. The number of hydrogen-bond donors (Lipinski definition) is 0. The van der Waals surface area contributed by atoms with Crippen LogP contribution in [-0.4, -0.2) is 17.5 Å². The molecule has 1 unspecified atom stereocenters. The Balaban J connectivity index is 2.33. The number of nitrogens with zero attached hydrogens (tertiary/aromatic N) is 2. The maximum absolute atomic E-state index is 8.23. The molecule has 1 aliphatic heterocycles. The van der Waals surface area contributed by atoms with E-state index in [1.54, 1.807) is 4.90 Å². The molecule has 0 aromatic carbocycles. The molecule has 0 spiro atoms. The van der Waals surface area contributed by atoms with E-state index in [4.69, 9.17) is 5.26 Å². The number of likely N-dealkylation sites (tertiary alicyclic amines) is 1. The first-order valence-electron chi connectivity index (χ1n) is 2.51. The molecular formula is C5H8N2. The summed E-state index contributed by atoms with van der Waals surface area (Å²) in [5.41, 5.74) is 0. The predicted octanol–water partition coefficient (Wildman–Crippen LogP) is 0.562. The zero-order chi connectivity index (χ0) is 5.28. The third-order valence-corrected chi connectivity index (χ3v) is 1.45. The minimum atomic E-state index is 0.519. The molecular weight excluding hydrogens is 88.1 g/mol. The maximum atomic E-state index is 8.23. The van der Waals surface area contributed by atoms with Crippen molar-refractivity contribution < 1.29 is 0 Å². The molecule has 0 radical (unpaired) electrons. The van der Waals surface area contributed by atoms with Crippen LogP contribution in [0.2, 0.25) is 0 Å².